The van der Waals surface area contributed by atoms with E-state index in [1.807, 2.05) is 0 Å². The van der Waals surface area contributed by atoms with Gasteiger partial charge in [-0.15, -0.1) is 0 Å². The predicted octanol–water partition coefficient (Wildman–Crippen LogP) is 1.89. The third kappa shape index (κ3) is 3.69. The first-order chi connectivity index (χ1) is 10.2. The lowest BCUT2D eigenvalue weighted by Crippen LogP contribution is -2.34. The number of rotatable bonds is 6. The van der Waals surface area contributed by atoms with Crippen LogP contribution in [0.5, 0.6) is 0 Å². The molecule has 1 aromatic rings. The van der Waals surface area contributed by atoms with Crippen LogP contribution in [0.4, 0.5) is 5.82 Å². The van der Waals surface area contributed by atoms with Gasteiger partial charge in [-0.1, -0.05) is 0 Å². The van der Waals surface area contributed by atoms with Gasteiger partial charge < -0.3 is 15.2 Å². The number of carbonyl (C=O) groups is 1. The Labute approximate surface area is 123 Å². The Hall–Kier alpha value is -1.69. The third-order valence-corrected chi connectivity index (χ3v) is 4.27. The fraction of sp³-hybridized carbons (Fsp3) is 0.667. The minimum atomic E-state index is -0.745. The molecule has 2 heterocycles. The molecule has 0 radical (unpaired) electrons. The molecule has 6 nitrogen and oxygen atoms in total. The van der Waals surface area contributed by atoms with Gasteiger partial charge in [-0.05, 0) is 37.7 Å². The van der Waals surface area contributed by atoms with E-state index < -0.39 is 11.9 Å². The fourth-order valence-corrected chi connectivity index (χ4v) is 2.80. The molecule has 1 aromatic heterocycles. The first-order valence-corrected chi connectivity index (χ1v) is 7.61. The molecule has 2 N–H and O–H groups in total. The molecule has 0 aromatic carbocycles. The van der Waals surface area contributed by atoms with Crippen molar-refractivity contribution >= 4 is 11.8 Å². The van der Waals surface area contributed by atoms with E-state index in [9.17, 15) is 9.90 Å². The van der Waals surface area contributed by atoms with E-state index in [2.05, 4.69) is 15.3 Å². The number of ether oxygens (including phenoxy) is 1. The molecular formula is C15H21N3O3. The highest BCUT2D eigenvalue weighted by Gasteiger charge is 2.30. The lowest BCUT2D eigenvalue weighted by molar-refractivity contribution is -0.144. The van der Waals surface area contributed by atoms with Crippen LogP contribution in [-0.2, 0) is 9.53 Å². The topological polar surface area (TPSA) is 84.3 Å². The zero-order chi connectivity index (χ0) is 14.7. The molecule has 2 fully saturated rings. The van der Waals surface area contributed by atoms with Crippen molar-refractivity contribution in [2.45, 2.75) is 31.6 Å². The molecule has 1 aliphatic carbocycles. The normalized spacial score (nSPS) is 21.0. The first kappa shape index (κ1) is 14.3. The van der Waals surface area contributed by atoms with Gasteiger partial charge in [0.15, 0.2) is 0 Å². The molecule has 3 rings (SSSR count). The number of carboxylic acids is 1. The molecule has 0 amide bonds. The van der Waals surface area contributed by atoms with Crippen molar-refractivity contribution in [2.24, 2.45) is 11.8 Å². The van der Waals surface area contributed by atoms with Gasteiger partial charge in [0.25, 0.3) is 0 Å². The van der Waals surface area contributed by atoms with Crippen LogP contribution in [0.2, 0.25) is 0 Å². The summed E-state index contributed by atoms with van der Waals surface area (Å²) in [5.41, 5.74) is 0. The van der Waals surface area contributed by atoms with Crippen LogP contribution in [0.3, 0.4) is 0 Å². The summed E-state index contributed by atoms with van der Waals surface area (Å²) < 4.78 is 5.31. The van der Waals surface area contributed by atoms with Crippen LogP contribution in [0, 0.1) is 11.8 Å². The average molecular weight is 291 g/mol. The molecule has 114 valence electrons. The van der Waals surface area contributed by atoms with Gasteiger partial charge in [0.05, 0.1) is 5.92 Å². The SMILES string of the molecule is O=C(O)C(CNc1ccnc(C2CC2)n1)C1CCOCC1. The Bertz CT molecular complexity index is 499. The molecule has 0 spiro atoms. The standard InChI is InChI=1S/C15H21N3O3/c19-15(20)12(10-4-7-21-8-5-10)9-17-13-3-6-16-14(18-13)11-1-2-11/h3,6,10-12H,1-2,4-5,7-9H2,(H,19,20)(H,16,17,18). The maximum Gasteiger partial charge on any atom is 0.308 e. The summed E-state index contributed by atoms with van der Waals surface area (Å²) in [6, 6.07) is 1.80. The van der Waals surface area contributed by atoms with E-state index in [1.54, 1.807) is 12.3 Å². The fourth-order valence-electron chi connectivity index (χ4n) is 2.80. The Balaban J connectivity index is 1.60. The smallest absolute Gasteiger partial charge is 0.308 e. The Kier molecular flexibility index (Phi) is 4.34. The monoisotopic (exact) mass is 291 g/mol. The average Bonchev–Trinajstić information content (AvgIpc) is 3.33. The second-order valence-corrected chi connectivity index (χ2v) is 5.85. The van der Waals surface area contributed by atoms with Crippen molar-refractivity contribution < 1.29 is 14.6 Å². The summed E-state index contributed by atoms with van der Waals surface area (Å²) >= 11 is 0. The van der Waals surface area contributed by atoms with Gasteiger partial charge in [-0.2, -0.15) is 0 Å². The van der Waals surface area contributed by atoms with E-state index in [1.165, 1.54) is 0 Å². The van der Waals surface area contributed by atoms with E-state index in [4.69, 9.17) is 4.74 Å². The van der Waals surface area contributed by atoms with Crippen molar-refractivity contribution in [3.8, 4) is 0 Å². The second kappa shape index (κ2) is 6.39. The molecule has 21 heavy (non-hydrogen) atoms. The molecule has 1 saturated carbocycles. The maximum absolute atomic E-state index is 11.5. The van der Waals surface area contributed by atoms with E-state index in [0.29, 0.717) is 25.7 Å². The van der Waals surface area contributed by atoms with Crippen LogP contribution >= 0.6 is 0 Å². The highest BCUT2D eigenvalue weighted by Crippen LogP contribution is 2.38. The van der Waals surface area contributed by atoms with Gasteiger partial charge in [0.2, 0.25) is 0 Å². The summed E-state index contributed by atoms with van der Waals surface area (Å²) in [5.74, 6) is 1.13. The van der Waals surface area contributed by atoms with Crippen LogP contribution in [0.25, 0.3) is 0 Å². The third-order valence-electron chi connectivity index (χ3n) is 4.27. The van der Waals surface area contributed by atoms with Crippen molar-refractivity contribution in [1.29, 1.82) is 0 Å². The number of nitrogens with one attached hydrogen (secondary N) is 1. The first-order valence-electron chi connectivity index (χ1n) is 7.61. The summed E-state index contributed by atoms with van der Waals surface area (Å²) in [5, 5.41) is 12.6. The number of nitrogens with zero attached hydrogens (tertiary/aromatic N) is 2. The Morgan fingerprint density at radius 1 is 1.38 bits per heavy atom. The van der Waals surface area contributed by atoms with Gasteiger partial charge in [0.1, 0.15) is 11.6 Å². The maximum atomic E-state index is 11.5. The number of hydrogen-bond acceptors (Lipinski definition) is 5. The number of aliphatic carboxylic acids is 1. The second-order valence-electron chi connectivity index (χ2n) is 5.85. The van der Waals surface area contributed by atoms with Gasteiger partial charge >= 0.3 is 5.97 Å². The molecule has 1 unspecified atom stereocenters. The highest BCUT2D eigenvalue weighted by molar-refractivity contribution is 5.71. The van der Waals surface area contributed by atoms with E-state index in [0.717, 1.165) is 37.3 Å². The number of aromatic nitrogens is 2. The number of hydrogen-bond donors (Lipinski definition) is 2. The zero-order valence-electron chi connectivity index (χ0n) is 12.0. The molecule has 1 aliphatic heterocycles. The van der Waals surface area contributed by atoms with Crippen molar-refractivity contribution in [3.05, 3.63) is 18.1 Å². The number of carboxylic acid groups (broad SMARTS) is 1. The van der Waals surface area contributed by atoms with Gasteiger partial charge in [-0.25, -0.2) is 9.97 Å². The van der Waals surface area contributed by atoms with Gasteiger partial charge in [-0.3, -0.25) is 4.79 Å². The van der Waals surface area contributed by atoms with Crippen LogP contribution in [0.1, 0.15) is 37.4 Å². The largest absolute Gasteiger partial charge is 0.481 e. The zero-order valence-corrected chi connectivity index (χ0v) is 12.0. The van der Waals surface area contributed by atoms with Gasteiger partial charge in [0, 0.05) is 31.9 Å². The lowest BCUT2D eigenvalue weighted by Gasteiger charge is -2.27. The minimum Gasteiger partial charge on any atom is -0.481 e. The van der Waals surface area contributed by atoms with Crippen LogP contribution < -0.4 is 5.32 Å². The Morgan fingerprint density at radius 3 is 2.81 bits per heavy atom. The van der Waals surface area contributed by atoms with Crippen LogP contribution in [-0.4, -0.2) is 40.8 Å². The van der Waals surface area contributed by atoms with Crippen molar-refractivity contribution in [3.63, 3.8) is 0 Å². The molecule has 2 aliphatic rings. The van der Waals surface area contributed by atoms with E-state index in [-0.39, 0.29) is 5.92 Å². The molecule has 1 saturated heterocycles. The molecule has 0 bridgehead atoms. The lowest BCUT2D eigenvalue weighted by atomic mass is 9.86. The minimum absolute atomic E-state index is 0.175. The van der Waals surface area contributed by atoms with Crippen molar-refractivity contribution in [2.75, 3.05) is 25.1 Å². The van der Waals surface area contributed by atoms with Crippen LogP contribution in [0.15, 0.2) is 12.3 Å². The number of anilines is 1. The summed E-state index contributed by atoms with van der Waals surface area (Å²) in [6.45, 7) is 1.72. The molecular weight excluding hydrogens is 270 g/mol. The Morgan fingerprint density at radius 2 is 2.14 bits per heavy atom. The predicted molar refractivity (Wildman–Crippen MR) is 77.2 cm³/mol. The summed E-state index contributed by atoms with van der Waals surface area (Å²) in [6.07, 6.45) is 5.69. The van der Waals surface area contributed by atoms with E-state index >= 15 is 0 Å². The summed E-state index contributed by atoms with van der Waals surface area (Å²) in [4.78, 5) is 20.2. The molecule has 6 heteroatoms. The molecule has 1 atom stereocenters. The highest BCUT2D eigenvalue weighted by atomic mass is 16.5. The quantitative estimate of drug-likeness (QED) is 0.832. The summed E-state index contributed by atoms with van der Waals surface area (Å²) in [7, 11) is 0. The van der Waals surface area contributed by atoms with Crippen molar-refractivity contribution in [1.82, 2.24) is 9.97 Å².